The molecule has 0 rings (SSSR count). The number of aliphatic carboxylic acids is 1. The SMILES string of the molecule is CCCCCCCCCC/C=C/CCCCCCCCCC(=O)OCC(COCCC(C(=O)O)[N+](C)(C)C)OC(=O)CCCCCCCCCCCCCC. The Morgan fingerprint density at radius 2 is 0.909 bits per heavy atom. The molecule has 0 saturated heterocycles. The predicted molar refractivity (Wildman–Crippen MR) is 229 cm³/mol. The first-order chi connectivity index (χ1) is 26.6. The molecule has 0 aromatic heterocycles. The molecule has 324 valence electrons. The molecule has 0 radical (unpaired) electrons. The number of allylic oxidation sites excluding steroid dienone is 2. The topological polar surface area (TPSA) is 99.1 Å². The summed E-state index contributed by atoms with van der Waals surface area (Å²) in [6, 6.07) is -0.610. The largest absolute Gasteiger partial charge is 0.477 e. The third-order valence-electron chi connectivity index (χ3n) is 10.7. The highest BCUT2D eigenvalue weighted by molar-refractivity contribution is 5.72. The van der Waals surface area contributed by atoms with Gasteiger partial charge in [0, 0.05) is 19.3 Å². The highest BCUT2D eigenvalue weighted by atomic mass is 16.6. The molecule has 0 spiro atoms. The summed E-state index contributed by atoms with van der Waals surface area (Å²) >= 11 is 0. The van der Waals surface area contributed by atoms with Crippen molar-refractivity contribution in [2.75, 3.05) is 41.0 Å². The fourth-order valence-electron chi connectivity index (χ4n) is 7.03. The highest BCUT2D eigenvalue weighted by Gasteiger charge is 2.31. The van der Waals surface area contributed by atoms with Gasteiger partial charge in [0.25, 0.3) is 0 Å². The average molecular weight is 781 g/mol. The van der Waals surface area contributed by atoms with E-state index in [2.05, 4.69) is 26.0 Å². The molecule has 0 heterocycles. The van der Waals surface area contributed by atoms with Crippen LogP contribution in [0.3, 0.4) is 0 Å². The van der Waals surface area contributed by atoms with E-state index in [1.165, 1.54) is 148 Å². The molecule has 0 aliphatic heterocycles. The van der Waals surface area contributed by atoms with Crippen molar-refractivity contribution in [1.82, 2.24) is 0 Å². The van der Waals surface area contributed by atoms with Crippen LogP contribution in [0.5, 0.6) is 0 Å². The van der Waals surface area contributed by atoms with Crippen molar-refractivity contribution >= 4 is 17.9 Å². The van der Waals surface area contributed by atoms with Crippen LogP contribution in [0.15, 0.2) is 12.2 Å². The average Bonchev–Trinajstić information content (AvgIpc) is 3.14. The number of carboxylic acids is 1. The minimum atomic E-state index is -0.873. The van der Waals surface area contributed by atoms with Crippen LogP contribution in [0, 0.1) is 0 Å². The van der Waals surface area contributed by atoms with Crippen LogP contribution in [0.2, 0.25) is 0 Å². The summed E-state index contributed by atoms with van der Waals surface area (Å²) in [5, 5.41) is 9.62. The Morgan fingerprint density at radius 3 is 1.31 bits per heavy atom. The van der Waals surface area contributed by atoms with Crippen LogP contribution in [-0.4, -0.2) is 80.6 Å². The molecule has 8 nitrogen and oxygen atoms in total. The maximum Gasteiger partial charge on any atom is 0.362 e. The van der Waals surface area contributed by atoms with Gasteiger partial charge in [-0.25, -0.2) is 4.79 Å². The number of hydrogen-bond acceptors (Lipinski definition) is 6. The van der Waals surface area contributed by atoms with Gasteiger partial charge >= 0.3 is 17.9 Å². The fraction of sp³-hybridized carbons (Fsp3) is 0.894. The van der Waals surface area contributed by atoms with Gasteiger partial charge in [0.2, 0.25) is 0 Å². The smallest absolute Gasteiger partial charge is 0.362 e. The number of nitrogens with zero attached hydrogens (tertiary/aromatic N) is 1. The molecule has 2 atom stereocenters. The number of hydrogen-bond donors (Lipinski definition) is 1. The Kier molecular flexibility index (Phi) is 37.6. The number of carboxylic acid groups (broad SMARTS) is 1. The Labute approximate surface area is 339 Å². The zero-order valence-electron chi connectivity index (χ0n) is 36.9. The van der Waals surface area contributed by atoms with Crippen molar-refractivity contribution in [2.24, 2.45) is 0 Å². The second kappa shape index (κ2) is 38.9. The summed E-state index contributed by atoms with van der Waals surface area (Å²) in [5.41, 5.74) is 0. The molecular formula is C47H90NO7+. The Hall–Kier alpha value is -1.93. The Morgan fingerprint density at radius 1 is 0.527 bits per heavy atom. The zero-order chi connectivity index (χ0) is 40.7. The van der Waals surface area contributed by atoms with E-state index in [1.54, 1.807) is 0 Å². The molecule has 8 heteroatoms. The van der Waals surface area contributed by atoms with Gasteiger partial charge < -0.3 is 23.8 Å². The fourth-order valence-corrected chi connectivity index (χ4v) is 7.03. The molecule has 0 amide bonds. The lowest BCUT2D eigenvalue weighted by atomic mass is 10.0. The Bertz CT molecular complexity index is 915. The van der Waals surface area contributed by atoms with E-state index in [9.17, 15) is 19.5 Å². The highest BCUT2D eigenvalue weighted by Crippen LogP contribution is 2.15. The number of likely N-dealkylation sites (N-methyl/N-ethyl adjacent to an activating group) is 1. The van der Waals surface area contributed by atoms with Crippen LogP contribution in [0.1, 0.15) is 219 Å². The van der Waals surface area contributed by atoms with Gasteiger partial charge in [0.05, 0.1) is 34.4 Å². The number of rotatable bonds is 42. The molecule has 1 N–H and O–H groups in total. The second-order valence-corrected chi connectivity index (χ2v) is 17.0. The minimum Gasteiger partial charge on any atom is -0.477 e. The molecule has 55 heavy (non-hydrogen) atoms. The first-order valence-electron chi connectivity index (χ1n) is 23.2. The number of esters is 2. The number of ether oxygens (including phenoxy) is 3. The zero-order valence-corrected chi connectivity index (χ0v) is 36.9. The summed E-state index contributed by atoms with van der Waals surface area (Å²) in [6.45, 7) is 4.75. The number of carbonyl (C=O) groups is 3. The lowest BCUT2D eigenvalue weighted by Gasteiger charge is -2.31. The van der Waals surface area contributed by atoms with Crippen molar-refractivity contribution < 1.29 is 38.2 Å². The van der Waals surface area contributed by atoms with Crippen LogP contribution < -0.4 is 0 Å². The Balaban J connectivity index is 4.25. The summed E-state index contributed by atoms with van der Waals surface area (Å²) in [5.74, 6) is -1.46. The van der Waals surface area contributed by atoms with Gasteiger partial charge in [0.15, 0.2) is 12.1 Å². The summed E-state index contributed by atoms with van der Waals surface area (Å²) in [7, 11) is 5.53. The number of carbonyl (C=O) groups excluding carboxylic acids is 2. The van der Waals surface area contributed by atoms with E-state index >= 15 is 0 Å². The minimum absolute atomic E-state index is 0.0473. The van der Waals surface area contributed by atoms with Crippen molar-refractivity contribution in [3.05, 3.63) is 12.2 Å². The first kappa shape index (κ1) is 53.1. The first-order valence-corrected chi connectivity index (χ1v) is 23.2. The number of quaternary nitrogens is 1. The molecule has 0 aliphatic carbocycles. The van der Waals surface area contributed by atoms with Crippen molar-refractivity contribution in [2.45, 2.75) is 231 Å². The third kappa shape index (κ3) is 37.4. The van der Waals surface area contributed by atoms with Gasteiger partial charge in [-0.3, -0.25) is 9.59 Å². The van der Waals surface area contributed by atoms with E-state index in [-0.39, 0.29) is 36.2 Å². The van der Waals surface area contributed by atoms with Gasteiger partial charge in [0.1, 0.15) is 6.61 Å². The summed E-state index contributed by atoms with van der Waals surface area (Å²) in [6.07, 6.45) is 41.1. The lowest BCUT2D eigenvalue weighted by molar-refractivity contribution is -0.887. The summed E-state index contributed by atoms with van der Waals surface area (Å²) < 4.78 is 17.3. The third-order valence-corrected chi connectivity index (χ3v) is 10.7. The van der Waals surface area contributed by atoms with Crippen molar-refractivity contribution in [3.63, 3.8) is 0 Å². The lowest BCUT2D eigenvalue weighted by Crippen LogP contribution is -2.50. The molecular weight excluding hydrogens is 691 g/mol. The monoisotopic (exact) mass is 781 g/mol. The van der Waals surface area contributed by atoms with Crippen LogP contribution in [0.4, 0.5) is 0 Å². The molecule has 0 fully saturated rings. The standard InChI is InChI=1S/C47H89NO7/c1-6-8-10-12-14-16-18-20-21-22-23-24-25-26-28-29-31-33-35-37-45(49)54-42-43(41-53-40-39-44(47(51)52)48(3,4)5)55-46(50)38-36-34-32-30-27-19-17-15-13-11-9-7-2/h22-23,43-44H,6-21,24-42H2,1-5H3/p+1/b23-22+. The van der Waals surface area contributed by atoms with Crippen LogP contribution in [0.25, 0.3) is 0 Å². The molecule has 0 saturated carbocycles. The maximum absolute atomic E-state index is 12.7. The molecule has 0 aromatic carbocycles. The van der Waals surface area contributed by atoms with E-state index in [4.69, 9.17) is 14.2 Å². The van der Waals surface area contributed by atoms with E-state index < -0.39 is 18.1 Å². The van der Waals surface area contributed by atoms with Gasteiger partial charge in [-0.1, -0.05) is 174 Å². The predicted octanol–water partition coefficient (Wildman–Crippen LogP) is 12.7. The van der Waals surface area contributed by atoms with E-state index in [0.29, 0.717) is 19.3 Å². The quantitative estimate of drug-likeness (QED) is 0.0285. The molecule has 2 unspecified atom stereocenters. The van der Waals surface area contributed by atoms with Crippen molar-refractivity contribution in [1.29, 1.82) is 0 Å². The molecule has 0 aliphatic rings. The normalized spacial score (nSPS) is 13.0. The van der Waals surface area contributed by atoms with E-state index in [1.807, 2.05) is 21.1 Å². The number of unbranched alkanes of at least 4 members (excludes halogenated alkanes) is 26. The van der Waals surface area contributed by atoms with Gasteiger partial charge in [-0.05, 0) is 38.5 Å². The van der Waals surface area contributed by atoms with Crippen molar-refractivity contribution in [3.8, 4) is 0 Å². The van der Waals surface area contributed by atoms with Gasteiger partial charge in [-0.15, -0.1) is 0 Å². The molecule has 0 bridgehead atoms. The van der Waals surface area contributed by atoms with Crippen LogP contribution in [-0.2, 0) is 28.6 Å². The summed E-state index contributed by atoms with van der Waals surface area (Å²) in [4.78, 5) is 37.0. The second-order valence-electron chi connectivity index (χ2n) is 17.0. The molecule has 0 aromatic rings. The van der Waals surface area contributed by atoms with Crippen LogP contribution >= 0.6 is 0 Å². The van der Waals surface area contributed by atoms with E-state index in [0.717, 1.165) is 38.5 Å². The van der Waals surface area contributed by atoms with Gasteiger partial charge in [-0.2, -0.15) is 0 Å². The maximum atomic E-state index is 12.7.